The average Bonchev–Trinajstić information content (AvgIpc) is 2.17. The van der Waals surface area contributed by atoms with Gasteiger partial charge in [0.05, 0.1) is 0 Å². The van der Waals surface area contributed by atoms with Crippen molar-refractivity contribution in [2.75, 3.05) is 26.7 Å². The van der Waals surface area contributed by atoms with Gasteiger partial charge >= 0.3 is 6.34 Å². The van der Waals surface area contributed by atoms with Gasteiger partial charge in [-0.1, -0.05) is 0 Å². The van der Waals surface area contributed by atoms with Gasteiger partial charge in [-0.05, 0) is 0 Å². The predicted octanol–water partition coefficient (Wildman–Crippen LogP) is -1.25. The summed E-state index contributed by atoms with van der Waals surface area (Å²) in [6.07, 6.45) is 4.05. The van der Waals surface area contributed by atoms with E-state index >= 15 is 0 Å². The van der Waals surface area contributed by atoms with E-state index in [2.05, 4.69) is 10.8 Å². The number of aliphatic hydroxyl groups excluding tert-OH is 1. The van der Waals surface area contributed by atoms with Gasteiger partial charge in [0.15, 0.2) is 6.54 Å². The number of nitrogens with zero attached hydrogens (tertiary/aromatic N) is 2. The van der Waals surface area contributed by atoms with Gasteiger partial charge in [-0.3, -0.25) is 0 Å². The molecule has 1 N–H and O–H groups in total. The zero-order valence-corrected chi connectivity index (χ0v) is 5.62. The lowest BCUT2D eigenvalue weighted by molar-refractivity contribution is -0.532. The lowest BCUT2D eigenvalue weighted by atomic mass is 10.6. The third kappa shape index (κ3) is 1.61. The molecule has 0 aliphatic carbocycles. The standard InChI is InChI=1S/C6H12N2O/c1-7-2-3-8(6-7)4-5-9/h2,6,9H,3-5H2,1H3/q+2. The summed E-state index contributed by atoms with van der Waals surface area (Å²) < 4.78 is 4.05. The molecule has 0 unspecified atom stereocenters. The Morgan fingerprint density at radius 3 is 2.89 bits per heavy atom. The minimum absolute atomic E-state index is 0.234. The van der Waals surface area contributed by atoms with Crippen LogP contribution in [0, 0.1) is 0 Å². The molecule has 0 atom stereocenters. The summed E-state index contributed by atoms with van der Waals surface area (Å²) >= 11 is 0. The van der Waals surface area contributed by atoms with E-state index < -0.39 is 0 Å². The van der Waals surface area contributed by atoms with Crippen molar-refractivity contribution < 1.29 is 14.3 Å². The Hall–Kier alpha value is -0.700. The van der Waals surface area contributed by atoms with Crippen LogP contribution in [0.2, 0.25) is 0 Å². The van der Waals surface area contributed by atoms with Crippen LogP contribution in [0.3, 0.4) is 0 Å². The van der Waals surface area contributed by atoms with Gasteiger partial charge in [-0.2, -0.15) is 9.15 Å². The third-order valence-electron chi connectivity index (χ3n) is 1.34. The molecule has 0 amide bonds. The first kappa shape index (κ1) is 6.42. The first-order chi connectivity index (χ1) is 4.33. The van der Waals surface area contributed by atoms with Crippen molar-refractivity contribution in [3.8, 4) is 0 Å². The maximum absolute atomic E-state index is 8.52. The highest BCUT2D eigenvalue weighted by Gasteiger charge is 2.14. The predicted molar refractivity (Wildman–Crippen MR) is 35.4 cm³/mol. The molecule has 3 nitrogen and oxygen atoms in total. The van der Waals surface area contributed by atoms with E-state index in [1.54, 1.807) is 0 Å². The molecule has 0 saturated carbocycles. The molecule has 1 aliphatic rings. The van der Waals surface area contributed by atoms with Gasteiger partial charge in [-0.15, -0.1) is 0 Å². The van der Waals surface area contributed by atoms with Crippen LogP contribution in [0.25, 0.3) is 0 Å². The van der Waals surface area contributed by atoms with Gasteiger partial charge in [0, 0.05) is 0 Å². The number of hydrogen-bond acceptors (Lipinski definition) is 1. The van der Waals surface area contributed by atoms with E-state index in [9.17, 15) is 0 Å². The van der Waals surface area contributed by atoms with Gasteiger partial charge in [0.2, 0.25) is 12.8 Å². The van der Waals surface area contributed by atoms with Crippen molar-refractivity contribution in [1.29, 1.82) is 0 Å². The van der Waals surface area contributed by atoms with Gasteiger partial charge in [0.25, 0.3) is 0 Å². The van der Waals surface area contributed by atoms with E-state index in [1.807, 2.05) is 18.0 Å². The quantitative estimate of drug-likeness (QED) is 0.462. The number of β-amino-alcohol motifs (C(OH)–C–C–N with tert-alkyl or cyclic N) is 1. The van der Waals surface area contributed by atoms with Crippen molar-refractivity contribution in [2.24, 2.45) is 0 Å². The lowest BCUT2D eigenvalue weighted by Gasteiger charge is -1.85. The van der Waals surface area contributed by atoms with Crippen LogP contribution >= 0.6 is 0 Å². The number of rotatable bonds is 2. The van der Waals surface area contributed by atoms with Crippen LogP contribution < -0.4 is 0 Å². The second-order valence-electron chi connectivity index (χ2n) is 2.18. The fourth-order valence-corrected chi connectivity index (χ4v) is 0.863. The summed E-state index contributed by atoms with van der Waals surface area (Å²) in [7, 11) is 1.98. The molecule has 50 valence electrons. The van der Waals surface area contributed by atoms with Crippen molar-refractivity contribution in [1.82, 2.24) is 0 Å². The summed E-state index contributed by atoms with van der Waals surface area (Å²) in [4.78, 5) is 0. The molecular formula is C6H12N2O+2. The normalized spacial score (nSPS) is 17.6. The molecule has 0 spiro atoms. The molecule has 0 aromatic heterocycles. The van der Waals surface area contributed by atoms with Crippen LogP contribution in [-0.4, -0.2) is 53.6 Å². The Morgan fingerprint density at radius 1 is 1.67 bits per heavy atom. The molecule has 0 saturated heterocycles. The SMILES string of the molecule is C[N+]1=CC[N+](CCO)=C1. The van der Waals surface area contributed by atoms with Gasteiger partial charge in [-0.25, -0.2) is 0 Å². The Labute approximate surface area is 54.6 Å². The highest BCUT2D eigenvalue weighted by atomic mass is 16.3. The maximum Gasteiger partial charge on any atom is 0.401 e. The molecule has 9 heavy (non-hydrogen) atoms. The fourth-order valence-electron chi connectivity index (χ4n) is 0.863. The van der Waals surface area contributed by atoms with E-state index in [0.29, 0.717) is 0 Å². The average molecular weight is 128 g/mol. The number of aliphatic hydroxyl groups is 1. The smallest absolute Gasteiger partial charge is 0.390 e. The Kier molecular flexibility index (Phi) is 1.95. The van der Waals surface area contributed by atoms with Crippen LogP contribution in [-0.2, 0) is 0 Å². The first-order valence-corrected chi connectivity index (χ1v) is 3.08. The molecule has 1 heterocycles. The Bertz CT molecular complexity index is 160. The van der Waals surface area contributed by atoms with E-state index in [1.165, 1.54) is 0 Å². The minimum Gasteiger partial charge on any atom is -0.390 e. The minimum atomic E-state index is 0.234. The molecule has 1 rings (SSSR count). The second-order valence-corrected chi connectivity index (χ2v) is 2.18. The zero-order valence-electron chi connectivity index (χ0n) is 5.62. The third-order valence-corrected chi connectivity index (χ3v) is 1.34. The van der Waals surface area contributed by atoms with Crippen molar-refractivity contribution >= 4 is 12.6 Å². The molecule has 0 radical (unpaired) electrons. The van der Waals surface area contributed by atoms with Crippen molar-refractivity contribution in [3.05, 3.63) is 0 Å². The summed E-state index contributed by atoms with van der Waals surface area (Å²) in [5.74, 6) is 0. The molecule has 0 aromatic carbocycles. The topological polar surface area (TPSA) is 26.2 Å². The fraction of sp³-hybridized carbons (Fsp3) is 0.667. The monoisotopic (exact) mass is 128 g/mol. The second kappa shape index (κ2) is 2.73. The van der Waals surface area contributed by atoms with Crippen LogP contribution in [0.15, 0.2) is 0 Å². The molecule has 3 heteroatoms. The first-order valence-electron chi connectivity index (χ1n) is 3.08. The largest absolute Gasteiger partial charge is 0.401 e. The Balaban J connectivity index is 2.41. The highest BCUT2D eigenvalue weighted by molar-refractivity contribution is 5.61. The summed E-state index contributed by atoms with van der Waals surface area (Å²) in [6, 6.07) is 0. The zero-order chi connectivity index (χ0) is 6.69. The van der Waals surface area contributed by atoms with E-state index in [4.69, 9.17) is 5.11 Å². The molecule has 1 aliphatic heterocycles. The molecular weight excluding hydrogens is 116 g/mol. The lowest BCUT2D eigenvalue weighted by Crippen LogP contribution is -2.15. The van der Waals surface area contributed by atoms with Crippen LogP contribution in [0.4, 0.5) is 0 Å². The summed E-state index contributed by atoms with van der Waals surface area (Å²) in [6.45, 7) is 1.90. The van der Waals surface area contributed by atoms with Crippen LogP contribution in [0.1, 0.15) is 0 Å². The van der Waals surface area contributed by atoms with E-state index in [0.717, 1.165) is 13.1 Å². The molecule has 0 fully saturated rings. The number of hydrogen-bond donors (Lipinski definition) is 1. The van der Waals surface area contributed by atoms with Crippen molar-refractivity contribution in [3.63, 3.8) is 0 Å². The molecule has 0 aromatic rings. The summed E-state index contributed by atoms with van der Waals surface area (Å²) in [5.41, 5.74) is 0. The van der Waals surface area contributed by atoms with Gasteiger partial charge < -0.3 is 5.11 Å². The highest BCUT2D eigenvalue weighted by Crippen LogP contribution is 1.77. The van der Waals surface area contributed by atoms with Crippen molar-refractivity contribution in [2.45, 2.75) is 0 Å². The van der Waals surface area contributed by atoms with Crippen LogP contribution in [0.5, 0.6) is 0 Å². The maximum atomic E-state index is 8.52. The van der Waals surface area contributed by atoms with E-state index in [-0.39, 0.29) is 6.61 Å². The molecule has 0 bridgehead atoms. The Morgan fingerprint density at radius 2 is 2.44 bits per heavy atom. The summed E-state index contributed by atoms with van der Waals surface area (Å²) in [5, 5.41) is 8.52. The van der Waals surface area contributed by atoms with Gasteiger partial charge in [0.1, 0.15) is 13.7 Å².